The molecule has 0 radical (unpaired) electrons. The maximum absolute atomic E-state index is 14.4. The number of rotatable bonds is 7. The molecule has 8 nitrogen and oxygen atoms in total. The molecule has 0 unspecified atom stereocenters. The fourth-order valence-corrected chi connectivity index (χ4v) is 4.80. The van der Waals surface area contributed by atoms with E-state index in [0.29, 0.717) is 35.2 Å². The van der Waals surface area contributed by atoms with E-state index in [0.717, 1.165) is 22.0 Å². The van der Waals surface area contributed by atoms with Crippen LogP contribution >= 0.6 is 11.6 Å². The van der Waals surface area contributed by atoms with Crippen LogP contribution in [0.4, 0.5) is 15.9 Å². The Hall–Kier alpha value is -4.24. The molecule has 4 aromatic rings. The monoisotopic (exact) mass is 533 g/mol. The molecule has 0 saturated carbocycles. The number of aromatic nitrogens is 2. The number of carbonyl (C=O) groups is 2. The Bertz CT molecular complexity index is 1510. The van der Waals surface area contributed by atoms with Gasteiger partial charge in [0, 0.05) is 42.0 Å². The third-order valence-electron chi connectivity index (χ3n) is 6.60. The van der Waals surface area contributed by atoms with Crippen molar-refractivity contribution < 1.29 is 19.1 Å². The number of amides is 1. The fourth-order valence-electron chi connectivity index (χ4n) is 4.59. The number of anilines is 2. The lowest BCUT2D eigenvalue weighted by Crippen LogP contribution is -2.52. The quantitative estimate of drug-likeness (QED) is 0.345. The molecule has 10 heteroatoms. The summed E-state index contributed by atoms with van der Waals surface area (Å²) in [5, 5.41) is 13.5. The van der Waals surface area contributed by atoms with Crippen molar-refractivity contribution >= 4 is 45.9 Å². The molecule has 38 heavy (non-hydrogen) atoms. The topological polar surface area (TPSA) is 98.7 Å². The van der Waals surface area contributed by atoms with Crippen LogP contribution in [0.3, 0.4) is 0 Å². The van der Waals surface area contributed by atoms with Gasteiger partial charge in [0.05, 0.1) is 28.8 Å². The first kappa shape index (κ1) is 25.4. The number of piperazine rings is 1. The van der Waals surface area contributed by atoms with Crippen LogP contribution in [0.25, 0.3) is 22.0 Å². The normalized spacial score (nSPS) is 14.6. The Morgan fingerprint density at radius 1 is 1.11 bits per heavy atom. The number of aliphatic carboxylic acids is 1. The third-order valence-corrected chi connectivity index (χ3v) is 6.89. The van der Waals surface area contributed by atoms with Gasteiger partial charge in [-0.25, -0.2) is 9.37 Å². The maximum Gasteiger partial charge on any atom is 0.323 e. The molecule has 1 atom stereocenters. The van der Waals surface area contributed by atoms with Crippen LogP contribution in [-0.4, -0.2) is 58.0 Å². The summed E-state index contributed by atoms with van der Waals surface area (Å²) >= 11 is 6.53. The Kier molecular flexibility index (Phi) is 7.11. The van der Waals surface area contributed by atoms with Crippen LogP contribution < -0.4 is 10.2 Å². The molecule has 1 amide bonds. The first-order chi connectivity index (χ1) is 18.3. The predicted octanol–water partition coefficient (Wildman–Crippen LogP) is 5.00. The second-order valence-electron chi connectivity index (χ2n) is 9.14. The van der Waals surface area contributed by atoms with Gasteiger partial charge in [-0.1, -0.05) is 35.9 Å². The highest BCUT2D eigenvalue weighted by Gasteiger charge is 2.26. The summed E-state index contributed by atoms with van der Waals surface area (Å²) in [6, 6.07) is 15.9. The van der Waals surface area contributed by atoms with Crippen LogP contribution in [0.1, 0.15) is 18.5 Å². The van der Waals surface area contributed by atoms with E-state index in [1.165, 1.54) is 11.0 Å². The molecule has 3 heterocycles. The number of nitrogens with one attached hydrogen (secondary N) is 1. The zero-order chi connectivity index (χ0) is 26.8. The molecule has 0 aliphatic carbocycles. The van der Waals surface area contributed by atoms with Gasteiger partial charge in [-0.3, -0.25) is 14.6 Å². The van der Waals surface area contributed by atoms with Gasteiger partial charge in [-0.05, 0) is 42.8 Å². The van der Waals surface area contributed by atoms with Gasteiger partial charge in [0.1, 0.15) is 18.2 Å². The summed E-state index contributed by atoms with van der Waals surface area (Å²) in [5.41, 5.74) is 3.69. The number of hydrogen-bond donors (Lipinski definition) is 2. The highest BCUT2D eigenvalue weighted by atomic mass is 35.5. The average Bonchev–Trinajstić information content (AvgIpc) is 2.91. The molecule has 2 aromatic heterocycles. The first-order valence-corrected chi connectivity index (χ1v) is 12.5. The van der Waals surface area contributed by atoms with Crippen LogP contribution in [0.2, 0.25) is 5.02 Å². The lowest BCUT2D eigenvalue weighted by atomic mass is 10.0. The van der Waals surface area contributed by atoms with Crippen LogP contribution in [0.15, 0.2) is 67.0 Å². The SMILES string of the molecule is C[C@@H](Nc1c(Cl)cnc2ccc(-c3ccc(N4CCN(CC(=O)O)C(=O)C4)nc3)cc12)c1ccccc1F. The highest BCUT2D eigenvalue weighted by molar-refractivity contribution is 6.34. The van der Waals surface area contributed by atoms with Gasteiger partial charge >= 0.3 is 5.97 Å². The van der Waals surface area contributed by atoms with Crippen molar-refractivity contribution in [1.29, 1.82) is 0 Å². The predicted molar refractivity (Wildman–Crippen MR) is 145 cm³/mol. The number of pyridine rings is 2. The first-order valence-electron chi connectivity index (χ1n) is 12.1. The Morgan fingerprint density at radius 3 is 2.61 bits per heavy atom. The van der Waals surface area contributed by atoms with Crippen molar-refractivity contribution in [3.63, 3.8) is 0 Å². The minimum Gasteiger partial charge on any atom is -0.480 e. The average molecular weight is 534 g/mol. The minimum absolute atomic E-state index is 0.0784. The van der Waals surface area contributed by atoms with E-state index in [-0.39, 0.29) is 30.9 Å². The second-order valence-corrected chi connectivity index (χ2v) is 9.54. The summed E-state index contributed by atoms with van der Waals surface area (Å²) in [7, 11) is 0. The molecule has 2 aromatic carbocycles. The van der Waals surface area contributed by atoms with Gasteiger partial charge in [-0.2, -0.15) is 0 Å². The lowest BCUT2D eigenvalue weighted by molar-refractivity contribution is -0.144. The van der Waals surface area contributed by atoms with Crippen LogP contribution in [-0.2, 0) is 9.59 Å². The molecule has 1 saturated heterocycles. The number of carboxylic acids is 1. The molecular formula is C28H25ClFN5O3. The molecule has 1 aliphatic heterocycles. The Morgan fingerprint density at radius 2 is 1.89 bits per heavy atom. The van der Waals surface area contributed by atoms with E-state index in [1.54, 1.807) is 30.6 Å². The fraction of sp³-hybridized carbons (Fsp3) is 0.214. The van der Waals surface area contributed by atoms with Gasteiger partial charge in [0.2, 0.25) is 5.91 Å². The van der Waals surface area contributed by atoms with E-state index >= 15 is 0 Å². The number of halogens is 2. The van der Waals surface area contributed by atoms with Gasteiger partial charge < -0.3 is 20.2 Å². The zero-order valence-corrected chi connectivity index (χ0v) is 21.3. The summed E-state index contributed by atoms with van der Waals surface area (Å²) in [6.45, 7) is 2.49. The molecule has 5 rings (SSSR count). The molecule has 0 spiro atoms. The van der Waals surface area contributed by atoms with Crippen LogP contribution in [0.5, 0.6) is 0 Å². The highest BCUT2D eigenvalue weighted by Crippen LogP contribution is 2.35. The summed E-state index contributed by atoms with van der Waals surface area (Å²) in [6.07, 6.45) is 3.31. The number of benzene rings is 2. The van der Waals surface area contributed by atoms with Crippen molar-refractivity contribution in [1.82, 2.24) is 14.9 Å². The van der Waals surface area contributed by atoms with Crippen molar-refractivity contribution in [3.05, 3.63) is 83.4 Å². The minimum atomic E-state index is -1.03. The van der Waals surface area contributed by atoms with Crippen molar-refractivity contribution in [2.45, 2.75) is 13.0 Å². The zero-order valence-electron chi connectivity index (χ0n) is 20.6. The van der Waals surface area contributed by atoms with Crippen molar-refractivity contribution in [3.8, 4) is 11.1 Å². The molecule has 1 aliphatic rings. The smallest absolute Gasteiger partial charge is 0.323 e. The van der Waals surface area contributed by atoms with Crippen LogP contribution in [0, 0.1) is 5.82 Å². The largest absolute Gasteiger partial charge is 0.480 e. The Labute approximate surface area is 223 Å². The molecule has 0 bridgehead atoms. The number of carbonyl (C=O) groups excluding carboxylic acids is 1. The van der Waals surface area contributed by atoms with Gasteiger partial charge in [0.25, 0.3) is 0 Å². The van der Waals surface area contributed by atoms with Crippen molar-refractivity contribution in [2.24, 2.45) is 0 Å². The van der Waals surface area contributed by atoms with E-state index in [4.69, 9.17) is 16.7 Å². The van der Waals surface area contributed by atoms with E-state index in [9.17, 15) is 14.0 Å². The van der Waals surface area contributed by atoms with Gasteiger partial charge in [0.15, 0.2) is 0 Å². The number of hydrogen-bond acceptors (Lipinski definition) is 6. The Balaban J connectivity index is 1.39. The summed E-state index contributed by atoms with van der Waals surface area (Å²) in [5.74, 6) is -0.920. The molecular weight excluding hydrogens is 509 g/mol. The number of nitrogens with zero attached hydrogens (tertiary/aromatic N) is 4. The van der Waals surface area contributed by atoms with Gasteiger partial charge in [-0.15, -0.1) is 0 Å². The second kappa shape index (κ2) is 10.6. The molecule has 194 valence electrons. The maximum atomic E-state index is 14.4. The summed E-state index contributed by atoms with van der Waals surface area (Å²) in [4.78, 5) is 35.4. The molecule has 2 N–H and O–H groups in total. The van der Waals surface area contributed by atoms with E-state index in [2.05, 4.69) is 15.3 Å². The number of carboxylic acid groups (broad SMARTS) is 1. The summed E-state index contributed by atoms with van der Waals surface area (Å²) < 4.78 is 14.4. The van der Waals surface area contributed by atoms with E-state index in [1.807, 2.05) is 42.2 Å². The third kappa shape index (κ3) is 5.24. The van der Waals surface area contributed by atoms with E-state index < -0.39 is 5.97 Å². The number of fused-ring (bicyclic) bond motifs is 1. The lowest BCUT2D eigenvalue weighted by Gasteiger charge is -2.34. The van der Waals surface area contributed by atoms with Crippen molar-refractivity contribution in [2.75, 3.05) is 36.4 Å². The molecule has 1 fully saturated rings. The standard InChI is InChI=1S/C28H25ClFN5O3/c1-17(20-4-2-3-5-23(20)30)33-28-21-12-18(6-8-24(21)31-14-22(28)29)19-7-9-25(32-13-19)34-10-11-35(16-27(37)38)26(36)15-34/h2-9,12-14,17H,10-11,15-16H2,1H3,(H,31,33)(H,37,38)/t17-/m1/s1.